The normalized spacial score (nSPS) is 11.2. The van der Waals surface area contributed by atoms with Gasteiger partial charge in [0.25, 0.3) is 0 Å². The fourth-order valence-corrected chi connectivity index (χ4v) is 2.76. The fourth-order valence-electron chi connectivity index (χ4n) is 2.76. The molecule has 0 unspecified atom stereocenters. The molecule has 0 aliphatic carbocycles. The van der Waals surface area contributed by atoms with Gasteiger partial charge in [-0.15, -0.1) is 24.0 Å². The van der Waals surface area contributed by atoms with Gasteiger partial charge in [-0.25, -0.2) is 15.0 Å². The van der Waals surface area contributed by atoms with E-state index in [9.17, 15) is 0 Å². The molecule has 150 valence electrons. The molecule has 0 bridgehead atoms. The van der Waals surface area contributed by atoms with Crippen LogP contribution in [0.1, 0.15) is 18.1 Å². The van der Waals surface area contributed by atoms with E-state index in [2.05, 4.69) is 62.0 Å². The Bertz CT molecular complexity index is 921. The van der Waals surface area contributed by atoms with Gasteiger partial charge in [0.05, 0.1) is 18.1 Å². The van der Waals surface area contributed by atoms with Crippen LogP contribution in [0, 0.1) is 6.92 Å². The Morgan fingerprint density at radius 2 is 1.96 bits per heavy atom. The second-order valence-corrected chi connectivity index (χ2v) is 6.20. The van der Waals surface area contributed by atoms with Crippen LogP contribution in [0.2, 0.25) is 0 Å². The van der Waals surface area contributed by atoms with Crippen molar-refractivity contribution in [3.63, 3.8) is 0 Å². The van der Waals surface area contributed by atoms with E-state index in [1.807, 2.05) is 19.2 Å². The fraction of sp³-hybridized carbons (Fsp3) is 0.368. The zero-order valence-electron chi connectivity index (χ0n) is 16.4. The molecule has 0 aliphatic rings. The number of aromatic nitrogens is 4. The average Bonchev–Trinajstić information content (AvgIpc) is 3.06. The molecule has 2 aromatic heterocycles. The van der Waals surface area contributed by atoms with Crippen molar-refractivity contribution in [2.75, 3.05) is 25.0 Å². The summed E-state index contributed by atoms with van der Waals surface area (Å²) in [6, 6.07) is 8.31. The van der Waals surface area contributed by atoms with Gasteiger partial charge in [-0.1, -0.05) is 24.3 Å². The number of nitrogens with zero attached hydrogens (tertiary/aromatic N) is 5. The van der Waals surface area contributed by atoms with Gasteiger partial charge < -0.3 is 16.0 Å². The van der Waals surface area contributed by atoms with E-state index in [0.717, 1.165) is 29.4 Å². The van der Waals surface area contributed by atoms with Crippen LogP contribution in [0.5, 0.6) is 0 Å². The molecule has 0 fully saturated rings. The summed E-state index contributed by atoms with van der Waals surface area (Å²) in [7, 11) is 1.87. The molecule has 0 atom stereocenters. The topological polar surface area (TPSA) is 92.1 Å². The second-order valence-electron chi connectivity index (χ2n) is 6.20. The number of aryl methyl sites for hydroxylation is 2. The molecule has 1 aromatic carbocycles. The van der Waals surface area contributed by atoms with Gasteiger partial charge in [0.2, 0.25) is 0 Å². The molecule has 0 aliphatic heterocycles. The summed E-state index contributed by atoms with van der Waals surface area (Å²) >= 11 is 0. The van der Waals surface area contributed by atoms with E-state index in [1.54, 1.807) is 17.2 Å². The molecule has 3 rings (SSSR count). The highest BCUT2D eigenvalue weighted by Crippen LogP contribution is 2.17. The van der Waals surface area contributed by atoms with Gasteiger partial charge in [0, 0.05) is 26.7 Å². The summed E-state index contributed by atoms with van der Waals surface area (Å²) in [5, 5.41) is 15.1. The van der Waals surface area contributed by atoms with Crippen LogP contribution < -0.4 is 16.0 Å². The van der Waals surface area contributed by atoms with Crippen molar-refractivity contribution in [2.24, 2.45) is 12.0 Å². The minimum absolute atomic E-state index is 0. The van der Waals surface area contributed by atoms with Crippen molar-refractivity contribution < 1.29 is 0 Å². The van der Waals surface area contributed by atoms with Crippen LogP contribution in [-0.2, 0) is 13.6 Å². The minimum atomic E-state index is 0. The Labute approximate surface area is 182 Å². The second kappa shape index (κ2) is 10.8. The van der Waals surface area contributed by atoms with Crippen molar-refractivity contribution in [1.29, 1.82) is 0 Å². The predicted octanol–water partition coefficient (Wildman–Crippen LogP) is 2.46. The standard InChI is InChI=1S/C19H26N8.HI/c1-4-20-19(23-11-15-8-6-5-7-14(15)2)22-10-9-21-17-16-12-26-27(3)18(16)25-13-24-17;/h5-8,12-13H,4,9-11H2,1-3H3,(H2,20,22,23)(H,21,24,25);1H. The summed E-state index contributed by atoms with van der Waals surface area (Å²) in [5.41, 5.74) is 3.30. The number of aliphatic imine (C=N–C) groups is 1. The van der Waals surface area contributed by atoms with Crippen molar-refractivity contribution in [3.8, 4) is 0 Å². The lowest BCUT2D eigenvalue weighted by Crippen LogP contribution is -2.39. The zero-order valence-corrected chi connectivity index (χ0v) is 18.8. The molecular weight excluding hydrogens is 467 g/mol. The third-order valence-corrected chi connectivity index (χ3v) is 4.25. The third kappa shape index (κ3) is 5.54. The van der Waals surface area contributed by atoms with Crippen molar-refractivity contribution in [2.45, 2.75) is 20.4 Å². The molecule has 8 nitrogen and oxygen atoms in total. The van der Waals surface area contributed by atoms with E-state index in [1.165, 1.54) is 11.1 Å². The molecule has 0 saturated heterocycles. The van der Waals surface area contributed by atoms with Gasteiger partial charge in [-0.3, -0.25) is 4.68 Å². The Kier molecular flexibility index (Phi) is 8.42. The molecule has 9 heteroatoms. The summed E-state index contributed by atoms with van der Waals surface area (Å²) < 4.78 is 1.74. The quantitative estimate of drug-likeness (QED) is 0.202. The lowest BCUT2D eigenvalue weighted by molar-refractivity contribution is 0.785. The summed E-state index contributed by atoms with van der Waals surface area (Å²) in [5.74, 6) is 1.59. The van der Waals surface area contributed by atoms with E-state index in [-0.39, 0.29) is 24.0 Å². The SMILES string of the molecule is CCNC(=NCc1ccccc1C)NCCNc1ncnc2c1cnn2C.I. The smallest absolute Gasteiger partial charge is 0.191 e. The molecular formula is C19H27IN8. The van der Waals surface area contributed by atoms with Crippen LogP contribution in [-0.4, -0.2) is 45.3 Å². The van der Waals surface area contributed by atoms with Crippen molar-refractivity contribution >= 4 is 46.8 Å². The lowest BCUT2D eigenvalue weighted by Gasteiger charge is -2.12. The van der Waals surface area contributed by atoms with E-state index in [0.29, 0.717) is 19.6 Å². The van der Waals surface area contributed by atoms with E-state index < -0.39 is 0 Å². The molecule has 28 heavy (non-hydrogen) atoms. The van der Waals surface area contributed by atoms with Gasteiger partial charge in [-0.05, 0) is 25.0 Å². The monoisotopic (exact) mass is 494 g/mol. The molecule has 3 N–H and O–H groups in total. The average molecular weight is 494 g/mol. The van der Waals surface area contributed by atoms with E-state index in [4.69, 9.17) is 0 Å². The molecule has 0 saturated carbocycles. The number of halogens is 1. The molecule has 2 heterocycles. The van der Waals surface area contributed by atoms with Gasteiger partial charge in [0.1, 0.15) is 12.1 Å². The Balaban J connectivity index is 0.00000280. The third-order valence-electron chi connectivity index (χ3n) is 4.25. The number of rotatable bonds is 7. The maximum atomic E-state index is 4.67. The van der Waals surface area contributed by atoms with Crippen molar-refractivity contribution in [3.05, 3.63) is 47.9 Å². The van der Waals surface area contributed by atoms with Gasteiger partial charge in [0.15, 0.2) is 11.6 Å². The largest absolute Gasteiger partial charge is 0.368 e. The number of fused-ring (bicyclic) bond motifs is 1. The van der Waals surface area contributed by atoms with Crippen LogP contribution in [0.4, 0.5) is 5.82 Å². The molecule has 3 aromatic rings. The zero-order chi connectivity index (χ0) is 19.1. The van der Waals surface area contributed by atoms with Gasteiger partial charge >= 0.3 is 0 Å². The summed E-state index contributed by atoms with van der Waals surface area (Å²) in [6.07, 6.45) is 3.33. The first-order chi connectivity index (χ1) is 13.2. The molecule has 0 radical (unpaired) electrons. The van der Waals surface area contributed by atoms with Crippen molar-refractivity contribution in [1.82, 2.24) is 30.4 Å². The number of guanidine groups is 1. The highest BCUT2D eigenvalue weighted by atomic mass is 127. The first-order valence-corrected chi connectivity index (χ1v) is 9.12. The number of hydrogen-bond acceptors (Lipinski definition) is 5. The Morgan fingerprint density at radius 3 is 2.75 bits per heavy atom. The van der Waals surface area contributed by atoms with Gasteiger partial charge in [-0.2, -0.15) is 5.10 Å². The number of hydrogen-bond donors (Lipinski definition) is 3. The highest BCUT2D eigenvalue weighted by molar-refractivity contribution is 14.0. The van der Waals surface area contributed by atoms with Crippen LogP contribution >= 0.6 is 24.0 Å². The molecule has 0 amide bonds. The number of benzene rings is 1. The lowest BCUT2D eigenvalue weighted by atomic mass is 10.1. The van der Waals surface area contributed by atoms with Crippen LogP contribution in [0.25, 0.3) is 11.0 Å². The number of anilines is 1. The maximum Gasteiger partial charge on any atom is 0.191 e. The predicted molar refractivity (Wildman–Crippen MR) is 124 cm³/mol. The molecule has 0 spiro atoms. The maximum absolute atomic E-state index is 4.67. The highest BCUT2D eigenvalue weighted by Gasteiger charge is 2.07. The summed E-state index contributed by atoms with van der Waals surface area (Å²) in [4.78, 5) is 13.2. The first kappa shape index (κ1) is 21.9. The Morgan fingerprint density at radius 1 is 1.14 bits per heavy atom. The summed E-state index contributed by atoms with van der Waals surface area (Å²) in [6.45, 7) is 7.05. The Hall–Kier alpha value is -2.43. The van der Waals surface area contributed by atoms with E-state index >= 15 is 0 Å². The first-order valence-electron chi connectivity index (χ1n) is 9.12. The van der Waals surface area contributed by atoms with Crippen LogP contribution in [0.3, 0.4) is 0 Å². The number of nitrogens with one attached hydrogen (secondary N) is 3. The minimum Gasteiger partial charge on any atom is -0.368 e. The van der Waals surface area contributed by atoms with Crippen LogP contribution in [0.15, 0.2) is 41.8 Å².